The summed E-state index contributed by atoms with van der Waals surface area (Å²) in [7, 11) is 3.24. The Bertz CT molecular complexity index is 605. The summed E-state index contributed by atoms with van der Waals surface area (Å²) in [6.45, 7) is 2.83. The molecule has 106 valence electrons. The monoisotopic (exact) mass is 337 g/mol. The molecule has 1 aromatic carbocycles. The van der Waals surface area contributed by atoms with Gasteiger partial charge in [0.15, 0.2) is 0 Å². The number of anilines is 1. The van der Waals surface area contributed by atoms with Crippen molar-refractivity contribution in [3.05, 3.63) is 29.0 Å². The van der Waals surface area contributed by atoms with E-state index in [0.717, 1.165) is 28.1 Å². The Labute approximate surface area is 126 Å². The minimum atomic E-state index is 0.686. The second-order valence-corrected chi connectivity index (χ2v) is 4.77. The van der Waals surface area contributed by atoms with E-state index >= 15 is 0 Å². The number of halogens is 1. The lowest BCUT2D eigenvalue weighted by molar-refractivity contribution is 0.390. The third-order valence-corrected chi connectivity index (χ3v) is 3.54. The molecule has 5 nitrogen and oxygen atoms in total. The molecular weight excluding hydrogens is 322 g/mol. The molecule has 0 spiro atoms. The summed E-state index contributed by atoms with van der Waals surface area (Å²) >= 11 is 3.49. The highest BCUT2D eigenvalue weighted by atomic mass is 79.9. The lowest BCUT2D eigenvalue weighted by Crippen LogP contribution is -2.00. The lowest BCUT2D eigenvalue weighted by Gasteiger charge is -2.13. The quantitative estimate of drug-likeness (QED) is 0.906. The summed E-state index contributed by atoms with van der Waals surface area (Å²) in [6.07, 6.45) is 1.53. The zero-order valence-electron chi connectivity index (χ0n) is 11.6. The molecule has 0 amide bonds. The highest BCUT2D eigenvalue weighted by Crippen LogP contribution is 2.41. The van der Waals surface area contributed by atoms with Crippen molar-refractivity contribution < 1.29 is 9.47 Å². The topological polar surface area (TPSA) is 56.3 Å². The van der Waals surface area contributed by atoms with Gasteiger partial charge in [-0.15, -0.1) is 0 Å². The third kappa shape index (κ3) is 2.85. The second kappa shape index (κ2) is 6.56. The largest absolute Gasteiger partial charge is 0.495 e. The van der Waals surface area contributed by atoms with Crippen LogP contribution in [0.25, 0.3) is 11.3 Å². The first-order valence-electron chi connectivity index (χ1n) is 6.18. The standard InChI is InChI=1S/C14H16BrN3O2/c1-4-16-12-7-10(17-8-18-12)9-5-6-11(19-2)13(15)14(9)20-3/h5-8H,4H2,1-3H3,(H,16,17,18). The van der Waals surface area contributed by atoms with E-state index < -0.39 is 0 Å². The average Bonchev–Trinajstić information content (AvgIpc) is 2.47. The molecule has 1 aromatic heterocycles. The zero-order chi connectivity index (χ0) is 14.5. The Kier molecular flexibility index (Phi) is 4.79. The Morgan fingerprint density at radius 3 is 2.65 bits per heavy atom. The molecule has 0 radical (unpaired) electrons. The predicted octanol–water partition coefficient (Wildman–Crippen LogP) is 3.36. The summed E-state index contributed by atoms with van der Waals surface area (Å²) in [4.78, 5) is 8.47. The van der Waals surface area contributed by atoms with Crippen LogP contribution in [-0.2, 0) is 0 Å². The molecule has 0 aliphatic rings. The molecule has 2 aromatic rings. The van der Waals surface area contributed by atoms with Crippen LogP contribution in [0.2, 0.25) is 0 Å². The van der Waals surface area contributed by atoms with Crippen molar-refractivity contribution >= 4 is 21.7 Å². The van der Waals surface area contributed by atoms with E-state index in [4.69, 9.17) is 9.47 Å². The van der Waals surface area contributed by atoms with Gasteiger partial charge in [0.25, 0.3) is 0 Å². The van der Waals surface area contributed by atoms with Gasteiger partial charge in [-0.1, -0.05) is 0 Å². The van der Waals surface area contributed by atoms with Crippen LogP contribution < -0.4 is 14.8 Å². The van der Waals surface area contributed by atoms with E-state index in [1.165, 1.54) is 6.33 Å². The minimum absolute atomic E-state index is 0.686. The third-order valence-electron chi connectivity index (χ3n) is 2.79. The maximum absolute atomic E-state index is 5.47. The van der Waals surface area contributed by atoms with Crippen LogP contribution in [0.3, 0.4) is 0 Å². The number of ether oxygens (including phenoxy) is 2. The molecule has 6 heteroatoms. The molecule has 0 fully saturated rings. The van der Waals surface area contributed by atoms with Crippen LogP contribution in [0, 0.1) is 0 Å². The molecular formula is C14H16BrN3O2. The summed E-state index contributed by atoms with van der Waals surface area (Å²) < 4.78 is 11.5. The number of benzene rings is 1. The van der Waals surface area contributed by atoms with Crippen molar-refractivity contribution in [1.29, 1.82) is 0 Å². The zero-order valence-corrected chi connectivity index (χ0v) is 13.2. The molecule has 0 unspecified atom stereocenters. The first-order chi connectivity index (χ1) is 9.71. The van der Waals surface area contributed by atoms with Crippen LogP contribution in [0.1, 0.15) is 6.92 Å². The van der Waals surface area contributed by atoms with Crippen molar-refractivity contribution in [2.75, 3.05) is 26.1 Å². The Morgan fingerprint density at radius 2 is 2.00 bits per heavy atom. The summed E-state index contributed by atoms with van der Waals surface area (Å²) in [5, 5.41) is 3.16. The maximum Gasteiger partial charge on any atom is 0.146 e. The number of aromatic nitrogens is 2. The maximum atomic E-state index is 5.47. The summed E-state index contributed by atoms with van der Waals surface area (Å²) in [6, 6.07) is 5.68. The lowest BCUT2D eigenvalue weighted by atomic mass is 10.1. The highest BCUT2D eigenvalue weighted by molar-refractivity contribution is 9.10. The van der Waals surface area contributed by atoms with Crippen LogP contribution >= 0.6 is 15.9 Å². The van der Waals surface area contributed by atoms with Crippen LogP contribution in [-0.4, -0.2) is 30.7 Å². The molecule has 0 aliphatic heterocycles. The molecule has 20 heavy (non-hydrogen) atoms. The Morgan fingerprint density at radius 1 is 1.20 bits per heavy atom. The van der Waals surface area contributed by atoms with E-state index in [-0.39, 0.29) is 0 Å². The van der Waals surface area contributed by atoms with Crippen molar-refractivity contribution in [3.63, 3.8) is 0 Å². The molecule has 2 rings (SSSR count). The Balaban J connectivity index is 2.52. The van der Waals surface area contributed by atoms with Gasteiger partial charge in [0.2, 0.25) is 0 Å². The van der Waals surface area contributed by atoms with Crippen LogP contribution in [0.4, 0.5) is 5.82 Å². The second-order valence-electron chi connectivity index (χ2n) is 3.98. The fourth-order valence-electron chi connectivity index (χ4n) is 1.88. The van der Waals surface area contributed by atoms with E-state index in [0.29, 0.717) is 11.5 Å². The fraction of sp³-hybridized carbons (Fsp3) is 0.286. The van der Waals surface area contributed by atoms with Crippen molar-refractivity contribution in [2.45, 2.75) is 6.92 Å². The van der Waals surface area contributed by atoms with Gasteiger partial charge in [0, 0.05) is 18.2 Å². The van der Waals surface area contributed by atoms with Gasteiger partial charge in [-0.25, -0.2) is 9.97 Å². The van der Waals surface area contributed by atoms with Gasteiger partial charge >= 0.3 is 0 Å². The summed E-state index contributed by atoms with van der Waals surface area (Å²) in [5.41, 5.74) is 1.66. The highest BCUT2D eigenvalue weighted by Gasteiger charge is 2.15. The van der Waals surface area contributed by atoms with Crippen LogP contribution in [0.5, 0.6) is 11.5 Å². The number of nitrogens with one attached hydrogen (secondary N) is 1. The summed E-state index contributed by atoms with van der Waals surface area (Å²) in [5.74, 6) is 2.18. The SMILES string of the molecule is CCNc1cc(-c2ccc(OC)c(Br)c2OC)ncn1. The van der Waals surface area contributed by atoms with Crippen LogP contribution in [0.15, 0.2) is 29.0 Å². The van der Waals surface area contributed by atoms with E-state index in [1.807, 2.05) is 25.1 Å². The molecule has 0 saturated heterocycles. The molecule has 0 saturated carbocycles. The smallest absolute Gasteiger partial charge is 0.146 e. The van der Waals surface area contributed by atoms with Gasteiger partial charge in [0.1, 0.15) is 28.1 Å². The molecule has 1 N–H and O–H groups in total. The van der Waals surface area contributed by atoms with Gasteiger partial charge in [-0.3, -0.25) is 0 Å². The number of nitrogens with zero attached hydrogens (tertiary/aromatic N) is 2. The fourth-order valence-corrected chi connectivity index (χ4v) is 2.55. The van der Waals surface area contributed by atoms with E-state index in [1.54, 1.807) is 14.2 Å². The van der Waals surface area contributed by atoms with Gasteiger partial charge in [0.05, 0.1) is 19.9 Å². The predicted molar refractivity (Wildman–Crippen MR) is 82.4 cm³/mol. The first kappa shape index (κ1) is 14.6. The average molecular weight is 338 g/mol. The van der Waals surface area contributed by atoms with E-state index in [2.05, 4.69) is 31.2 Å². The molecule has 1 heterocycles. The van der Waals surface area contributed by atoms with Gasteiger partial charge in [-0.2, -0.15) is 0 Å². The van der Waals surface area contributed by atoms with Gasteiger partial charge < -0.3 is 14.8 Å². The van der Waals surface area contributed by atoms with Crippen molar-refractivity contribution in [2.24, 2.45) is 0 Å². The van der Waals surface area contributed by atoms with E-state index in [9.17, 15) is 0 Å². The molecule has 0 bridgehead atoms. The first-order valence-corrected chi connectivity index (χ1v) is 6.97. The molecule has 0 atom stereocenters. The number of hydrogen-bond donors (Lipinski definition) is 1. The number of methoxy groups -OCH3 is 2. The van der Waals surface area contributed by atoms with Crippen molar-refractivity contribution in [3.8, 4) is 22.8 Å². The number of rotatable bonds is 5. The number of hydrogen-bond acceptors (Lipinski definition) is 5. The van der Waals surface area contributed by atoms with Gasteiger partial charge in [-0.05, 0) is 35.0 Å². The van der Waals surface area contributed by atoms with Crippen molar-refractivity contribution in [1.82, 2.24) is 9.97 Å². The molecule has 0 aliphatic carbocycles. The Hall–Kier alpha value is -1.82. The minimum Gasteiger partial charge on any atom is -0.495 e. The normalized spacial score (nSPS) is 10.2.